The van der Waals surface area contributed by atoms with Gasteiger partial charge in [-0.1, -0.05) is 12.1 Å². The molecule has 0 aliphatic heterocycles. The Labute approximate surface area is 123 Å². The van der Waals surface area contributed by atoms with Crippen LogP contribution in [0.25, 0.3) is 0 Å². The minimum atomic E-state index is 0.429. The van der Waals surface area contributed by atoms with Crippen molar-refractivity contribution < 1.29 is 9.47 Å². The maximum Gasteiger partial charge on any atom is 0.132 e. The Morgan fingerprint density at radius 1 is 1.15 bits per heavy atom. The fourth-order valence-corrected chi connectivity index (χ4v) is 1.94. The first-order valence-corrected chi connectivity index (χ1v) is 6.62. The first-order chi connectivity index (χ1) is 9.66. The highest BCUT2D eigenvalue weighted by Gasteiger charge is 2.06. The molecule has 0 aliphatic rings. The van der Waals surface area contributed by atoms with Crippen molar-refractivity contribution >= 4 is 11.6 Å². The summed E-state index contributed by atoms with van der Waals surface area (Å²) in [6.45, 7) is 1.96. The van der Waals surface area contributed by atoms with E-state index in [0.29, 0.717) is 22.9 Å². The second-order valence-corrected chi connectivity index (χ2v) is 4.61. The number of hydrogen-bond acceptors (Lipinski definition) is 3. The van der Waals surface area contributed by atoms with Crippen LogP contribution in [0.2, 0.25) is 0 Å². The second-order valence-electron chi connectivity index (χ2n) is 4.34. The van der Waals surface area contributed by atoms with Gasteiger partial charge in [-0.25, -0.2) is 0 Å². The summed E-state index contributed by atoms with van der Waals surface area (Å²) in [6, 6.07) is 13.0. The summed E-state index contributed by atoms with van der Waals surface area (Å²) in [5, 5.41) is 9.01. The molecule has 0 spiro atoms. The summed E-state index contributed by atoms with van der Waals surface area (Å²) in [5.41, 5.74) is 2.47. The van der Waals surface area contributed by atoms with Gasteiger partial charge in [0, 0.05) is 11.9 Å². The second kappa shape index (κ2) is 6.31. The molecule has 3 nitrogen and oxygen atoms in total. The number of nitrogens with zero attached hydrogens (tertiary/aromatic N) is 1. The molecule has 0 amide bonds. The number of nitriles is 1. The predicted molar refractivity (Wildman–Crippen MR) is 78.5 cm³/mol. The zero-order valence-electron chi connectivity index (χ0n) is 11.3. The van der Waals surface area contributed by atoms with E-state index in [0.717, 1.165) is 16.9 Å². The summed E-state index contributed by atoms with van der Waals surface area (Å²) in [4.78, 5) is 0. The van der Waals surface area contributed by atoms with E-state index in [4.69, 9.17) is 26.3 Å². The molecule has 0 radical (unpaired) electrons. The van der Waals surface area contributed by atoms with Crippen molar-refractivity contribution in [3.8, 4) is 23.3 Å². The first-order valence-electron chi connectivity index (χ1n) is 6.09. The summed E-state index contributed by atoms with van der Waals surface area (Å²) < 4.78 is 11.0. The maximum absolute atomic E-state index is 9.01. The number of aryl methyl sites for hydroxylation is 1. The van der Waals surface area contributed by atoms with E-state index >= 15 is 0 Å². The molecule has 0 saturated heterocycles. The zero-order valence-corrected chi connectivity index (χ0v) is 12.1. The van der Waals surface area contributed by atoms with Gasteiger partial charge in [-0.3, -0.25) is 0 Å². The van der Waals surface area contributed by atoms with E-state index in [-0.39, 0.29) is 0 Å². The third-order valence-electron chi connectivity index (χ3n) is 2.88. The Kier molecular flexibility index (Phi) is 4.49. The van der Waals surface area contributed by atoms with E-state index in [1.165, 1.54) is 0 Å². The van der Waals surface area contributed by atoms with Crippen LogP contribution in [-0.2, 0) is 5.88 Å². The molecule has 0 atom stereocenters. The Hall–Kier alpha value is -2.18. The molecule has 2 rings (SSSR count). The number of ether oxygens (including phenoxy) is 2. The topological polar surface area (TPSA) is 42.2 Å². The van der Waals surface area contributed by atoms with Crippen LogP contribution in [0.15, 0.2) is 36.4 Å². The lowest BCUT2D eigenvalue weighted by atomic mass is 10.1. The fraction of sp³-hybridized carbons (Fsp3) is 0.188. The molecule has 0 unspecified atom stereocenters. The number of halogens is 1. The molecule has 2 aromatic rings. The van der Waals surface area contributed by atoms with Gasteiger partial charge in [0.1, 0.15) is 17.2 Å². The van der Waals surface area contributed by atoms with Gasteiger partial charge >= 0.3 is 0 Å². The zero-order chi connectivity index (χ0) is 14.5. The van der Waals surface area contributed by atoms with Crippen molar-refractivity contribution in [3.05, 3.63) is 53.1 Å². The van der Waals surface area contributed by atoms with Gasteiger partial charge in [-0.2, -0.15) is 5.26 Å². The largest absolute Gasteiger partial charge is 0.497 e. The summed E-state index contributed by atoms with van der Waals surface area (Å²) in [6.07, 6.45) is 0. The number of hydrogen-bond donors (Lipinski definition) is 0. The van der Waals surface area contributed by atoms with Crippen LogP contribution in [-0.4, -0.2) is 7.11 Å². The molecule has 0 heterocycles. The highest BCUT2D eigenvalue weighted by Crippen LogP contribution is 2.30. The molecule has 0 N–H and O–H groups in total. The van der Waals surface area contributed by atoms with E-state index in [2.05, 4.69) is 6.07 Å². The van der Waals surface area contributed by atoms with Gasteiger partial charge in [0.15, 0.2) is 0 Å². The molecule has 0 saturated carbocycles. The Balaban J connectivity index is 2.37. The van der Waals surface area contributed by atoms with E-state index in [9.17, 15) is 0 Å². The van der Waals surface area contributed by atoms with Crippen LogP contribution < -0.4 is 9.47 Å². The van der Waals surface area contributed by atoms with Gasteiger partial charge in [0.25, 0.3) is 0 Å². The van der Waals surface area contributed by atoms with Crippen LogP contribution in [0.3, 0.4) is 0 Å². The lowest BCUT2D eigenvalue weighted by Gasteiger charge is -2.11. The third-order valence-corrected chi connectivity index (χ3v) is 3.19. The summed E-state index contributed by atoms with van der Waals surface area (Å²) in [7, 11) is 1.56. The molecule has 0 bridgehead atoms. The molecule has 20 heavy (non-hydrogen) atoms. The minimum absolute atomic E-state index is 0.429. The fourth-order valence-electron chi connectivity index (χ4n) is 1.78. The van der Waals surface area contributed by atoms with Gasteiger partial charge in [-0.15, -0.1) is 11.6 Å². The molecule has 2 aromatic carbocycles. The van der Waals surface area contributed by atoms with Crippen molar-refractivity contribution in [1.82, 2.24) is 0 Å². The smallest absolute Gasteiger partial charge is 0.132 e. The molecular formula is C16H14ClNO2. The van der Waals surface area contributed by atoms with Crippen LogP contribution in [0.4, 0.5) is 0 Å². The van der Waals surface area contributed by atoms with Crippen LogP contribution in [0, 0.1) is 18.3 Å². The molecular weight excluding hydrogens is 274 g/mol. The number of alkyl halides is 1. The van der Waals surface area contributed by atoms with Gasteiger partial charge in [0.05, 0.1) is 18.7 Å². The quantitative estimate of drug-likeness (QED) is 0.782. The number of rotatable bonds is 4. The lowest BCUT2D eigenvalue weighted by Crippen LogP contribution is -1.92. The Bertz CT molecular complexity index is 662. The predicted octanol–water partition coefficient (Wildman–Crippen LogP) is 4.41. The highest BCUT2D eigenvalue weighted by molar-refractivity contribution is 6.17. The highest BCUT2D eigenvalue weighted by atomic mass is 35.5. The van der Waals surface area contributed by atoms with E-state index in [1.54, 1.807) is 25.3 Å². The summed E-state index contributed by atoms with van der Waals surface area (Å²) >= 11 is 5.83. The normalized spacial score (nSPS) is 9.90. The monoisotopic (exact) mass is 287 g/mol. The third kappa shape index (κ3) is 3.23. The average molecular weight is 288 g/mol. The average Bonchev–Trinajstić information content (AvgIpc) is 2.49. The van der Waals surface area contributed by atoms with Crippen LogP contribution in [0.5, 0.6) is 17.2 Å². The van der Waals surface area contributed by atoms with Gasteiger partial charge in [-0.05, 0) is 36.2 Å². The molecule has 4 heteroatoms. The SMILES string of the molecule is COc1cc(C#N)cc(Oc2cc(CCl)ccc2C)c1. The van der Waals surface area contributed by atoms with Crippen LogP contribution in [0.1, 0.15) is 16.7 Å². The maximum atomic E-state index is 9.01. The number of benzene rings is 2. The molecule has 0 aromatic heterocycles. The van der Waals surface area contributed by atoms with Gasteiger partial charge in [0.2, 0.25) is 0 Å². The number of methoxy groups -OCH3 is 1. The van der Waals surface area contributed by atoms with Crippen molar-refractivity contribution in [2.45, 2.75) is 12.8 Å². The van der Waals surface area contributed by atoms with E-state index < -0.39 is 0 Å². The molecule has 102 valence electrons. The summed E-state index contributed by atoms with van der Waals surface area (Å²) in [5.74, 6) is 2.30. The Morgan fingerprint density at radius 3 is 2.55 bits per heavy atom. The van der Waals surface area contributed by atoms with Crippen LogP contribution >= 0.6 is 11.6 Å². The van der Waals surface area contributed by atoms with Gasteiger partial charge < -0.3 is 9.47 Å². The van der Waals surface area contributed by atoms with Crippen molar-refractivity contribution in [2.24, 2.45) is 0 Å². The lowest BCUT2D eigenvalue weighted by molar-refractivity contribution is 0.408. The van der Waals surface area contributed by atoms with E-state index in [1.807, 2.05) is 25.1 Å². The van der Waals surface area contributed by atoms with Crippen molar-refractivity contribution in [2.75, 3.05) is 7.11 Å². The minimum Gasteiger partial charge on any atom is -0.497 e. The standard InChI is InChI=1S/C16H14ClNO2/c1-11-3-4-12(9-17)7-16(11)20-15-6-13(10-18)5-14(8-15)19-2/h3-8H,9H2,1-2H3. The van der Waals surface area contributed by atoms with Crippen molar-refractivity contribution in [3.63, 3.8) is 0 Å². The molecule has 0 fully saturated rings. The Morgan fingerprint density at radius 2 is 1.90 bits per heavy atom. The van der Waals surface area contributed by atoms with Crippen molar-refractivity contribution in [1.29, 1.82) is 5.26 Å². The molecule has 0 aliphatic carbocycles. The first kappa shape index (κ1) is 14.2.